The number of nitrogens with zero attached hydrogens (tertiary/aromatic N) is 1. The summed E-state index contributed by atoms with van der Waals surface area (Å²) in [5.74, 6) is 0.470. The van der Waals surface area contributed by atoms with Crippen LogP contribution in [0.15, 0.2) is 65.6 Å². The molecular formula is C17H19NO2S. The van der Waals surface area contributed by atoms with E-state index < -0.39 is 10.8 Å². The lowest BCUT2D eigenvalue weighted by Crippen LogP contribution is -2.28. The van der Waals surface area contributed by atoms with Gasteiger partial charge in [0.25, 0.3) is 0 Å². The lowest BCUT2D eigenvalue weighted by Gasteiger charge is -2.17. The summed E-state index contributed by atoms with van der Waals surface area (Å²) in [6, 6.07) is 19.4. The molecule has 3 nitrogen and oxygen atoms in total. The molecule has 21 heavy (non-hydrogen) atoms. The van der Waals surface area contributed by atoms with Crippen LogP contribution in [0.4, 0.5) is 0 Å². The fourth-order valence-electron chi connectivity index (χ4n) is 2.02. The molecule has 0 saturated heterocycles. The van der Waals surface area contributed by atoms with Gasteiger partial charge in [0.15, 0.2) is 0 Å². The maximum atomic E-state index is 12.1. The van der Waals surface area contributed by atoms with Crippen LogP contribution in [0.25, 0.3) is 0 Å². The van der Waals surface area contributed by atoms with Crippen LogP contribution in [0.2, 0.25) is 0 Å². The molecule has 0 aliphatic rings. The second-order valence-electron chi connectivity index (χ2n) is 4.74. The number of rotatable bonds is 8. The Balaban J connectivity index is 1.80. The summed E-state index contributed by atoms with van der Waals surface area (Å²) >= 11 is 0. The average molecular weight is 301 g/mol. The van der Waals surface area contributed by atoms with Gasteiger partial charge in [0, 0.05) is 23.7 Å². The predicted molar refractivity (Wildman–Crippen MR) is 85.5 cm³/mol. The fraction of sp³-hybridized carbons (Fsp3) is 0.235. The van der Waals surface area contributed by atoms with Crippen molar-refractivity contribution in [2.24, 2.45) is 0 Å². The monoisotopic (exact) mass is 301 g/mol. The Bertz CT molecular complexity index is 572. The molecule has 4 heteroatoms. The van der Waals surface area contributed by atoms with E-state index >= 15 is 0 Å². The number of benzene rings is 2. The van der Waals surface area contributed by atoms with Gasteiger partial charge in [-0.15, -0.1) is 0 Å². The van der Waals surface area contributed by atoms with Crippen LogP contribution in [0, 0.1) is 0 Å². The van der Waals surface area contributed by atoms with Gasteiger partial charge < -0.3 is 4.90 Å². The molecule has 2 aromatic rings. The quantitative estimate of drug-likeness (QED) is 0.703. The van der Waals surface area contributed by atoms with Gasteiger partial charge in [0.2, 0.25) is 6.41 Å². The van der Waals surface area contributed by atoms with E-state index in [-0.39, 0.29) is 0 Å². The molecule has 2 aromatic carbocycles. The number of hydrogen-bond donors (Lipinski definition) is 0. The van der Waals surface area contributed by atoms with E-state index in [0.717, 1.165) is 17.7 Å². The highest BCUT2D eigenvalue weighted by molar-refractivity contribution is 7.85. The molecule has 0 saturated carbocycles. The Labute approximate surface area is 128 Å². The van der Waals surface area contributed by atoms with E-state index in [9.17, 15) is 9.00 Å². The number of hydrogen-bond acceptors (Lipinski definition) is 2. The first-order valence-corrected chi connectivity index (χ1v) is 8.28. The highest BCUT2D eigenvalue weighted by atomic mass is 32.2. The van der Waals surface area contributed by atoms with Gasteiger partial charge >= 0.3 is 0 Å². The molecule has 0 spiro atoms. The lowest BCUT2D eigenvalue weighted by molar-refractivity contribution is -0.117. The molecule has 0 heterocycles. The van der Waals surface area contributed by atoms with E-state index in [1.165, 1.54) is 5.56 Å². The fourth-order valence-corrected chi connectivity index (χ4v) is 3.12. The maximum absolute atomic E-state index is 12.1. The van der Waals surface area contributed by atoms with Crippen LogP contribution in [0.1, 0.15) is 5.56 Å². The minimum Gasteiger partial charge on any atom is -0.344 e. The molecule has 1 atom stereocenters. The normalized spacial score (nSPS) is 11.8. The molecule has 1 unspecified atom stereocenters. The lowest BCUT2D eigenvalue weighted by atomic mass is 10.1. The summed E-state index contributed by atoms with van der Waals surface area (Å²) in [7, 11) is -1.05. The van der Waals surface area contributed by atoms with Crippen molar-refractivity contribution in [1.82, 2.24) is 4.90 Å². The molecule has 0 fully saturated rings. The molecular weight excluding hydrogens is 282 g/mol. The Morgan fingerprint density at radius 2 is 1.52 bits per heavy atom. The largest absolute Gasteiger partial charge is 0.344 e. The molecule has 0 aliphatic carbocycles. The van der Waals surface area contributed by atoms with E-state index in [0.29, 0.717) is 18.8 Å². The van der Waals surface area contributed by atoms with Gasteiger partial charge in [-0.1, -0.05) is 48.5 Å². The van der Waals surface area contributed by atoms with Gasteiger partial charge in [-0.3, -0.25) is 9.00 Å². The second kappa shape index (κ2) is 8.37. The van der Waals surface area contributed by atoms with E-state index in [4.69, 9.17) is 0 Å². The second-order valence-corrected chi connectivity index (χ2v) is 6.31. The average Bonchev–Trinajstić information content (AvgIpc) is 2.56. The van der Waals surface area contributed by atoms with Gasteiger partial charge in [0.1, 0.15) is 0 Å². The zero-order valence-corrected chi connectivity index (χ0v) is 12.7. The van der Waals surface area contributed by atoms with Crippen molar-refractivity contribution in [1.29, 1.82) is 0 Å². The summed E-state index contributed by atoms with van der Waals surface area (Å²) in [4.78, 5) is 13.6. The smallest absolute Gasteiger partial charge is 0.209 e. The molecule has 110 valence electrons. The molecule has 0 N–H and O–H groups in total. The van der Waals surface area contributed by atoms with Crippen molar-refractivity contribution in [2.75, 3.05) is 18.8 Å². The highest BCUT2D eigenvalue weighted by Crippen LogP contribution is 2.06. The third-order valence-electron chi connectivity index (χ3n) is 3.25. The van der Waals surface area contributed by atoms with Crippen molar-refractivity contribution in [3.05, 3.63) is 66.2 Å². The minimum absolute atomic E-state index is 0.470. The third kappa shape index (κ3) is 5.16. The maximum Gasteiger partial charge on any atom is 0.209 e. The van der Waals surface area contributed by atoms with Crippen molar-refractivity contribution in [3.8, 4) is 0 Å². The third-order valence-corrected chi connectivity index (χ3v) is 4.60. The SMILES string of the molecule is O=CN(CCc1ccccc1)CCS(=O)c1ccccc1. The molecule has 0 aromatic heterocycles. The zero-order valence-electron chi connectivity index (χ0n) is 11.9. The summed E-state index contributed by atoms with van der Waals surface area (Å²) in [6.07, 6.45) is 1.66. The minimum atomic E-state index is -1.05. The number of carbonyl (C=O) groups is 1. The van der Waals surface area contributed by atoms with Crippen LogP contribution in [0.3, 0.4) is 0 Å². The van der Waals surface area contributed by atoms with Crippen molar-refractivity contribution >= 4 is 17.2 Å². The van der Waals surface area contributed by atoms with Gasteiger partial charge in [-0.05, 0) is 24.1 Å². The number of carbonyl (C=O) groups excluding carboxylic acids is 1. The molecule has 0 aliphatic heterocycles. The van der Waals surface area contributed by atoms with E-state index in [2.05, 4.69) is 0 Å². The van der Waals surface area contributed by atoms with E-state index in [1.807, 2.05) is 60.7 Å². The van der Waals surface area contributed by atoms with Crippen molar-refractivity contribution < 1.29 is 9.00 Å². The molecule has 0 radical (unpaired) electrons. The van der Waals surface area contributed by atoms with Crippen LogP contribution in [0.5, 0.6) is 0 Å². The van der Waals surface area contributed by atoms with Gasteiger partial charge in [-0.25, -0.2) is 0 Å². The van der Waals surface area contributed by atoms with Crippen molar-refractivity contribution in [2.45, 2.75) is 11.3 Å². The Morgan fingerprint density at radius 1 is 0.905 bits per heavy atom. The summed E-state index contributed by atoms with van der Waals surface area (Å²) in [5.41, 5.74) is 1.20. The first kappa shape index (κ1) is 15.4. The van der Waals surface area contributed by atoms with Crippen LogP contribution < -0.4 is 0 Å². The first-order valence-electron chi connectivity index (χ1n) is 6.96. The standard InChI is InChI=1S/C17H19NO2S/c19-15-18(12-11-16-7-3-1-4-8-16)13-14-21(20)17-9-5-2-6-10-17/h1-10,15H,11-14H2. The number of amides is 1. The Hall–Kier alpha value is -1.94. The van der Waals surface area contributed by atoms with E-state index in [1.54, 1.807) is 4.90 Å². The van der Waals surface area contributed by atoms with Crippen LogP contribution in [-0.2, 0) is 22.0 Å². The van der Waals surface area contributed by atoms with Crippen LogP contribution in [-0.4, -0.2) is 34.4 Å². The summed E-state index contributed by atoms with van der Waals surface area (Å²) in [6.45, 7) is 1.16. The Morgan fingerprint density at radius 3 is 2.14 bits per heavy atom. The highest BCUT2D eigenvalue weighted by Gasteiger charge is 2.07. The van der Waals surface area contributed by atoms with Gasteiger partial charge in [0.05, 0.1) is 10.8 Å². The molecule has 0 bridgehead atoms. The van der Waals surface area contributed by atoms with Crippen molar-refractivity contribution in [3.63, 3.8) is 0 Å². The predicted octanol–water partition coefficient (Wildman–Crippen LogP) is 2.50. The van der Waals surface area contributed by atoms with Crippen LogP contribution >= 0.6 is 0 Å². The van der Waals surface area contributed by atoms with Gasteiger partial charge in [-0.2, -0.15) is 0 Å². The topological polar surface area (TPSA) is 37.4 Å². The molecule has 1 amide bonds. The summed E-state index contributed by atoms with van der Waals surface area (Å²) < 4.78 is 12.1. The zero-order chi connectivity index (χ0) is 14.9. The first-order chi connectivity index (χ1) is 10.3. The molecule has 2 rings (SSSR count). The summed E-state index contributed by atoms with van der Waals surface area (Å²) in [5, 5.41) is 0. The Kier molecular flexibility index (Phi) is 6.16.